The number of carbonyl (C=O) groups is 2. The third-order valence-corrected chi connectivity index (χ3v) is 4.98. The molecular formula is C24H21Cl2F2NO7. The van der Waals surface area contributed by atoms with Crippen molar-refractivity contribution in [2.45, 2.75) is 33.0 Å². The van der Waals surface area contributed by atoms with E-state index >= 15 is 0 Å². The van der Waals surface area contributed by atoms with Crippen LogP contribution in [0.3, 0.4) is 0 Å². The quantitative estimate of drug-likeness (QED) is 0.184. The van der Waals surface area contributed by atoms with Gasteiger partial charge < -0.3 is 24.5 Å². The minimum Gasteiger partial charge on any atom is -0.619 e. The third kappa shape index (κ3) is 9.20. The number of hydrogen-bond acceptors (Lipinski definition) is 7. The highest BCUT2D eigenvalue weighted by Crippen LogP contribution is 2.35. The van der Waals surface area contributed by atoms with Crippen LogP contribution in [-0.4, -0.2) is 23.7 Å². The van der Waals surface area contributed by atoms with Crippen LogP contribution in [0.5, 0.6) is 17.2 Å². The molecule has 3 aromatic rings. The van der Waals surface area contributed by atoms with Gasteiger partial charge in [-0.25, -0.2) is 0 Å². The van der Waals surface area contributed by atoms with Gasteiger partial charge in [0.2, 0.25) is 0 Å². The summed E-state index contributed by atoms with van der Waals surface area (Å²) in [5.74, 6) is -1.29. The van der Waals surface area contributed by atoms with Crippen molar-refractivity contribution in [3.63, 3.8) is 0 Å². The predicted octanol–water partition coefficient (Wildman–Crippen LogP) is 5.39. The minimum atomic E-state index is -3.10. The molecule has 0 amide bonds. The Hall–Kier alpha value is -3.63. The van der Waals surface area contributed by atoms with Gasteiger partial charge in [-0.15, -0.1) is 0 Å². The van der Waals surface area contributed by atoms with Gasteiger partial charge in [-0.2, -0.15) is 13.5 Å². The lowest BCUT2D eigenvalue weighted by Crippen LogP contribution is -2.25. The number of carbonyl (C=O) groups excluding carboxylic acids is 2. The Kier molecular flexibility index (Phi) is 10.7. The molecule has 0 spiro atoms. The smallest absolute Gasteiger partial charge is 0.387 e. The van der Waals surface area contributed by atoms with Gasteiger partial charge in [0.05, 0.1) is 0 Å². The lowest BCUT2D eigenvalue weighted by atomic mass is 10.0. The van der Waals surface area contributed by atoms with E-state index in [1.807, 2.05) is 18.2 Å². The maximum absolute atomic E-state index is 12.3. The first-order valence-electron chi connectivity index (χ1n) is 10.2. The Morgan fingerprint density at radius 2 is 1.64 bits per heavy atom. The zero-order valence-corrected chi connectivity index (χ0v) is 20.5. The molecule has 0 bridgehead atoms. The Morgan fingerprint density at radius 1 is 1.03 bits per heavy atom. The second kappa shape index (κ2) is 13.5. The number of ether oxygens (including phenoxy) is 3. The van der Waals surface area contributed by atoms with Crippen LogP contribution in [0, 0.1) is 5.21 Å². The molecule has 12 heteroatoms. The molecule has 1 aromatic heterocycles. The summed E-state index contributed by atoms with van der Waals surface area (Å²) >= 11 is 12.0. The summed E-state index contributed by atoms with van der Waals surface area (Å²) in [6.45, 7) is -0.537. The van der Waals surface area contributed by atoms with Crippen molar-refractivity contribution in [1.82, 2.24) is 0 Å². The second-order valence-electron chi connectivity index (χ2n) is 7.11. The molecule has 36 heavy (non-hydrogen) atoms. The van der Waals surface area contributed by atoms with Crippen molar-refractivity contribution in [3.8, 4) is 17.2 Å². The topological polar surface area (TPSA) is 109 Å². The van der Waals surface area contributed by atoms with Crippen molar-refractivity contribution in [1.29, 1.82) is 0 Å². The number of pyridine rings is 1. The van der Waals surface area contributed by atoms with Gasteiger partial charge in [0.15, 0.2) is 23.9 Å². The number of rotatable bonds is 7. The van der Waals surface area contributed by atoms with Gasteiger partial charge in [-0.1, -0.05) is 47.5 Å². The molecule has 192 valence electrons. The number of para-hydroxylation sites is 1. The summed E-state index contributed by atoms with van der Waals surface area (Å²) in [7, 11) is 0. The summed E-state index contributed by atoms with van der Waals surface area (Å²) in [4.78, 5) is 21.8. The average Bonchev–Trinajstić information content (AvgIpc) is 2.77. The van der Waals surface area contributed by atoms with Gasteiger partial charge in [0.25, 0.3) is 0 Å². The van der Waals surface area contributed by atoms with E-state index in [-0.39, 0.29) is 22.4 Å². The number of alkyl halides is 2. The first-order chi connectivity index (χ1) is 17.0. The number of esters is 2. The Bertz CT molecular complexity index is 1170. The molecule has 1 unspecified atom stereocenters. The lowest BCUT2D eigenvalue weighted by Gasteiger charge is -2.19. The number of phenolic OH excluding ortho intramolecular Hbond substituents is 1. The van der Waals surface area contributed by atoms with E-state index in [0.29, 0.717) is 21.6 Å². The molecule has 0 aliphatic carbocycles. The number of hydrogen-bond donors (Lipinski definition) is 1. The van der Waals surface area contributed by atoms with E-state index in [4.69, 9.17) is 32.7 Å². The van der Waals surface area contributed by atoms with Gasteiger partial charge >= 0.3 is 18.6 Å². The summed E-state index contributed by atoms with van der Waals surface area (Å²) in [5.41, 5.74) is 0.643. The summed E-state index contributed by atoms with van der Waals surface area (Å²) in [6.07, 6.45) is 1.23. The molecule has 1 atom stereocenters. The molecule has 3 rings (SSSR count). The SMILES string of the molecule is CC(=O)OC(Cc1c(Cl)c[n+]([O-])cc1Cl)c1ccc(OC(F)F)c(O)c1.CC(=O)Oc1ccccc1. The monoisotopic (exact) mass is 543 g/mol. The van der Waals surface area contributed by atoms with Crippen LogP contribution in [0.25, 0.3) is 0 Å². The Morgan fingerprint density at radius 3 is 2.14 bits per heavy atom. The summed E-state index contributed by atoms with van der Waals surface area (Å²) in [5, 5.41) is 21.3. The molecule has 1 N–H and O–H groups in total. The van der Waals surface area contributed by atoms with Crippen molar-refractivity contribution in [2.24, 2.45) is 0 Å². The van der Waals surface area contributed by atoms with E-state index in [0.717, 1.165) is 24.5 Å². The van der Waals surface area contributed by atoms with Crippen LogP contribution in [0.15, 0.2) is 60.9 Å². The highest BCUT2D eigenvalue weighted by Gasteiger charge is 2.22. The predicted molar refractivity (Wildman–Crippen MR) is 126 cm³/mol. The Balaban J connectivity index is 0.000000380. The number of aromatic nitrogens is 1. The largest absolute Gasteiger partial charge is 0.619 e. The number of aromatic hydroxyl groups is 1. The highest BCUT2D eigenvalue weighted by atomic mass is 35.5. The zero-order valence-electron chi connectivity index (χ0n) is 19.0. The molecule has 0 aliphatic heterocycles. The van der Waals surface area contributed by atoms with E-state index in [2.05, 4.69) is 4.74 Å². The Labute approximate surface area is 215 Å². The summed E-state index contributed by atoms with van der Waals surface area (Å²) in [6, 6.07) is 12.6. The van der Waals surface area contributed by atoms with E-state index in [1.54, 1.807) is 12.1 Å². The first kappa shape index (κ1) is 28.6. The molecular weight excluding hydrogens is 523 g/mol. The van der Waals surface area contributed by atoms with Crippen molar-refractivity contribution >= 4 is 35.1 Å². The molecule has 0 radical (unpaired) electrons. The van der Waals surface area contributed by atoms with E-state index in [9.17, 15) is 28.7 Å². The van der Waals surface area contributed by atoms with Crippen LogP contribution in [-0.2, 0) is 20.7 Å². The van der Waals surface area contributed by atoms with Crippen LogP contribution in [0.1, 0.15) is 31.1 Å². The van der Waals surface area contributed by atoms with Gasteiger partial charge in [-0.05, 0) is 29.8 Å². The number of nitrogens with zero attached hydrogens (tertiary/aromatic N) is 1. The van der Waals surface area contributed by atoms with Crippen LogP contribution < -0.4 is 14.2 Å². The van der Waals surface area contributed by atoms with Gasteiger partial charge in [0, 0.05) is 25.8 Å². The molecule has 0 aliphatic rings. The first-order valence-corrected chi connectivity index (χ1v) is 11.0. The van der Waals surface area contributed by atoms with E-state index < -0.39 is 30.2 Å². The fourth-order valence-corrected chi connectivity index (χ4v) is 3.52. The van der Waals surface area contributed by atoms with Crippen LogP contribution in [0.2, 0.25) is 10.0 Å². The normalized spacial score (nSPS) is 11.2. The molecule has 0 fully saturated rings. The maximum Gasteiger partial charge on any atom is 0.387 e. The number of phenols is 1. The lowest BCUT2D eigenvalue weighted by molar-refractivity contribution is -0.605. The van der Waals surface area contributed by atoms with Gasteiger partial charge in [0.1, 0.15) is 21.9 Å². The van der Waals surface area contributed by atoms with Crippen LogP contribution >= 0.6 is 23.2 Å². The highest BCUT2D eigenvalue weighted by molar-refractivity contribution is 6.35. The zero-order chi connectivity index (χ0) is 26.8. The maximum atomic E-state index is 12.3. The molecule has 1 heterocycles. The van der Waals surface area contributed by atoms with Gasteiger partial charge in [-0.3, -0.25) is 9.59 Å². The third-order valence-electron chi connectivity index (χ3n) is 4.33. The molecule has 2 aromatic carbocycles. The molecule has 0 saturated heterocycles. The van der Waals surface area contributed by atoms with Crippen molar-refractivity contribution < 1.29 is 42.4 Å². The second-order valence-corrected chi connectivity index (χ2v) is 7.92. The minimum absolute atomic E-state index is 0.00736. The van der Waals surface area contributed by atoms with Crippen molar-refractivity contribution in [2.75, 3.05) is 0 Å². The van der Waals surface area contributed by atoms with Crippen LogP contribution in [0.4, 0.5) is 8.78 Å². The van der Waals surface area contributed by atoms with Crippen molar-refractivity contribution in [3.05, 3.63) is 87.3 Å². The van der Waals surface area contributed by atoms with E-state index in [1.165, 1.54) is 19.9 Å². The fraction of sp³-hybridized carbons (Fsp3) is 0.208. The molecule has 8 nitrogen and oxygen atoms in total. The summed E-state index contributed by atoms with van der Waals surface area (Å²) < 4.78 is 39.1. The average molecular weight is 544 g/mol. The number of halogens is 4. The number of benzene rings is 2. The standard InChI is InChI=1S/C16H13Cl2F2NO5.C8H8O2/c1-8(22)25-15(5-10-11(17)6-21(24)7-12(10)18)9-2-3-14(13(23)4-9)26-16(19)20;1-7(9)10-8-5-3-2-4-6-8/h2-4,6-7,15-16,23H,5H2,1H3;2-6H,1H3. The molecule has 0 saturated carbocycles. The fourth-order valence-electron chi connectivity index (χ4n) is 2.92.